The molecule has 0 unspecified atom stereocenters. The number of benzene rings is 1. The minimum Gasteiger partial charge on any atom is -0.405 e. The summed E-state index contributed by atoms with van der Waals surface area (Å²) in [5.74, 6) is -1.52. The lowest BCUT2D eigenvalue weighted by atomic mass is 10.1. The Hall–Kier alpha value is -1.25. The highest BCUT2D eigenvalue weighted by Crippen LogP contribution is 2.35. The lowest BCUT2D eigenvalue weighted by molar-refractivity contribution is -0.275. The van der Waals surface area contributed by atoms with Crippen molar-refractivity contribution in [3.63, 3.8) is 0 Å². The second-order valence-corrected chi connectivity index (χ2v) is 4.28. The average molecular weight is 365 g/mol. The summed E-state index contributed by atoms with van der Waals surface area (Å²) >= 11 is 2.81. The molecule has 0 atom stereocenters. The zero-order valence-electron chi connectivity index (χ0n) is 9.61. The fourth-order valence-corrected chi connectivity index (χ4v) is 1.55. The highest BCUT2D eigenvalue weighted by Gasteiger charge is 2.35. The molecular weight excluding hydrogens is 358 g/mol. The molecule has 0 saturated heterocycles. The molecule has 1 aromatic rings. The molecule has 20 heavy (non-hydrogen) atoms. The number of alkyl halides is 7. The number of carbonyl (C=O) groups is 1. The van der Waals surface area contributed by atoms with E-state index < -0.39 is 36.1 Å². The standard InChI is InChI=1S/C11H7BrF6O2/c12-5-8(19)3-6-1-2-7(10(13,14)15)4-9(6)20-11(16,17)18/h1-2,4H,3,5H2. The monoisotopic (exact) mass is 364 g/mol. The van der Waals surface area contributed by atoms with Crippen LogP contribution in [-0.2, 0) is 17.4 Å². The summed E-state index contributed by atoms with van der Waals surface area (Å²) in [6.45, 7) is 0. The Bertz CT molecular complexity index is 495. The third-order valence-corrected chi connectivity index (χ3v) is 2.78. The SMILES string of the molecule is O=C(CBr)Cc1ccc(C(F)(F)F)cc1OC(F)(F)F. The van der Waals surface area contributed by atoms with Crippen LogP contribution in [0, 0.1) is 0 Å². The number of ketones is 1. The Morgan fingerprint density at radius 2 is 1.75 bits per heavy atom. The third kappa shape index (κ3) is 5.03. The van der Waals surface area contributed by atoms with Crippen LogP contribution in [0.1, 0.15) is 11.1 Å². The molecule has 0 aliphatic heterocycles. The van der Waals surface area contributed by atoms with Crippen LogP contribution in [0.3, 0.4) is 0 Å². The van der Waals surface area contributed by atoms with Gasteiger partial charge in [0.15, 0.2) is 0 Å². The maximum atomic E-state index is 12.4. The van der Waals surface area contributed by atoms with Gasteiger partial charge in [-0.25, -0.2) is 0 Å². The van der Waals surface area contributed by atoms with E-state index in [1.54, 1.807) is 0 Å². The van der Waals surface area contributed by atoms with Gasteiger partial charge in [0.1, 0.15) is 11.5 Å². The molecule has 0 saturated carbocycles. The zero-order valence-corrected chi connectivity index (χ0v) is 11.2. The van der Waals surface area contributed by atoms with Gasteiger partial charge in [-0.05, 0) is 12.1 Å². The molecule has 0 aliphatic rings. The first-order valence-electron chi connectivity index (χ1n) is 5.06. The second-order valence-electron chi connectivity index (χ2n) is 3.72. The van der Waals surface area contributed by atoms with Crippen molar-refractivity contribution in [1.29, 1.82) is 0 Å². The molecule has 0 amide bonds. The summed E-state index contributed by atoms with van der Waals surface area (Å²) < 4.78 is 77.4. The molecule has 0 N–H and O–H groups in total. The van der Waals surface area contributed by atoms with Gasteiger partial charge >= 0.3 is 12.5 Å². The second kappa shape index (κ2) is 6.02. The fourth-order valence-electron chi connectivity index (χ4n) is 1.36. The van der Waals surface area contributed by atoms with Crippen molar-refractivity contribution >= 4 is 21.7 Å². The molecule has 1 aromatic carbocycles. The molecule has 0 aliphatic carbocycles. The van der Waals surface area contributed by atoms with E-state index in [1.165, 1.54) is 0 Å². The van der Waals surface area contributed by atoms with Crippen LogP contribution in [0.15, 0.2) is 18.2 Å². The summed E-state index contributed by atoms with van der Waals surface area (Å²) in [5, 5.41) is -0.126. The summed E-state index contributed by atoms with van der Waals surface area (Å²) in [7, 11) is 0. The van der Waals surface area contributed by atoms with E-state index in [9.17, 15) is 31.1 Å². The predicted octanol–water partition coefficient (Wildman–Crippen LogP) is 4.11. The molecule has 0 fully saturated rings. The molecular formula is C11H7BrF6O2. The largest absolute Gasteiger partial charge is 0.573 e. The molecule has 0 spiro atoms. The molecule has 112 valence electrons. The summed E-state index contributed by atoms with van der Waals surface area (Å²) in [6.07, 6.45) is -10.4. The predicted molar refractivity (Wildman–Crippen MR) is 60.6 cm³/mol. The van der Waals surface area contributed by atoms with Crippen molar-refractivity contribution < 1.29 is 35.9 Å². The minimum absolute atomic E-state index is 0.126. The number of halogens is 7. The van der Waals surface area contributed by atoms with Gasteiger partial charge < -0.3 is 4.74 Å². The van der Waals surface area contributed by atoms with E-state index in [4.69, 9.17) is 0 Å². The minimum atomic E-state index is -5.14. The maximum absolute atomic E-state index is 12.4. The van der Waals surface area contributed by atoms with Crippen molar-refractivity contribution in [2.45, 2.75) is 19.0 Å². The lowest BCUT2D eigenvalue weighted by Gasteiger charge is -2.15. The normalized spacial score (nSPS) is 12.3. The van der Waals surface area contributed by atoms with Gasteiger partial charge in [0, 0.05) is 12.0 Å². The highest BCUT2D eigenvalue weighted by molar-refractivity contribution is 9.09. The van der Waals surface area contributed by atoms with E-state index in [0.717, 1.165) is 6.07 Å². The Balaban J connectivity index is 3.20. The molecule has 9 heteroatoms. The van der Waals surface area contributed by atoms with Crippen LogP contribution >= 0.6 is 15.9 Å². The van der Waals surface area contributed by atoms with Crippen molar-refractivity contribution in [3.05, 3.63) is 29.3 Å². The molecule has 0 heterocycles. The quantitative estimate of drug-likeness (QED) is 0.593. The van der Waals surface area contributed by atoms with E-state index in [2.05, 4.69) is 20.7 Å². The number of rotatable bonds is 4. The van der Waals surface area contributed by atoms with E-state index >= 15 is 0 Å². The Kier molecular flexibility index (Phi) is 5.06. The Labute approximate surface area is 117 Å². The topological polar surface area (TPSA) is 26.3 Å². The Morgan fingerprint density at radius 3 is 2.20 bits per heavy atom. The number of hydrogen-bond acceptors (Lipinski definition) is 2. The van der Waals surface area contributed by atoms with Gasteiger partial charge in [-0.3, -0.25) is 4.79 Å². The van der Waals surface area contributed by atoms with Crippen molar-refractivity contribution in [3.8, 4) is 5.75 Å². The molecule has 0 radical (unpaired) electrons. The number of carbonyl (C=O) groups excluding carboxylic acids is 1. The van der Waals surface area contributed by atoms with E-state index in [0.29, 0.717) is 6.07 Å². The third-order valence-electron chi connectivity index (χ3n) is 2.16. The lowest BCUT2D eigenvalue weighted by Crippen LogP contribution is -2.19. The van der Waals surface area contributed by atoms with E-state index in [-0.39, 0.29) is 17.0 Å². The van der Waals surface area contributed by atoms with Gasteiger partial charge in [-0.2, -0.15) is 13.2 Å². The fraction of sp³-hybridized carbons (Fsp3) is 0.364. The van der Waals surface area contributed by atoms with Crippen LogP contribution in [0.5, 0.6) is 5.75 Å². The van der Waals surface area contributed by atoms with Gasteiger partial charge in [0.25, 0.3) is 0 Å². The summed E-state index contributed by atoms with van der Waals surface area (Å²) in [6, 6.07) is 1.62. The number of ether oxygens (including phenoxy) is 1. The van der Waals surface area contributed by atoms with Crippen LogP contribution < -0.4 is 4.74 Å². The average Bonchev–Trinajstić information content (AvgIpc) is 2.27. The Morgan fingerprint density at radius 1 is 1.15 bits per heavy atom. The summed E-state index contributed by atoms with van der Waals surface area (Å²) in [5.41, 5.74) is -1.55. The highest BCUT2D eigenvalue weighted by atomic mass is 79.9. The number of Topliss-reactive ketones (excluding diaryl/α,β-unsaturated/α-hetero) is 1. The van der Waals surface area contributed by atoms with Crippen molar-refractivity contribution in [2.24, 2.45) is 0 Å². The zero-order chi connectivity index (χ0) is 15.6. The first-order valence-corrected chi connectivity index (χ1v) is 6.18. The number of hydrogen-bond donors (Lipinski definition) is 0. The first-order chi connectivity index (χ1) is 9.03. The van der Waals surface area contributed by atoms with Gasteiger partial charge in [-0.15, -0.1) is 13.2 Å². The molecule has 1 rings (SSSR count). The van der Waals surface area contributed by atoms with Crippen molar-refractivity contribution in [1.82, 2.24) is 0 Å². The van der Waals surface area contributed by atoms with Gasteiger partial charge in [0.05, 0.1) is 10.9 Å². The smallest absolute Gasteiger partial charge is 0.405 e. The van der Waals surface area contributed by atoms with Gasteiger partial charge in [0.2, 0.25) is 0 Å². The van der Waals surface area contributed by atoms with Crippen LogP contribution in [0.4, 0.5) is 26.3 Å². The van der Waals surface area contributed by atoms with Crippen LogP contribution in [-0.4, -0.2) is 17.5 Å². The van der Waals surface area contributed by atoms with E-state index in [1.807, 2.05) is 0 Å². The van der Waals surface area contributed by atoms with Crippen LogP contribution in [0.2, 0.25) is 0 Å². The maximum Gasteiger partial charge on any atom is 0.573 e. The van der Waals surface area contributed by atoms with Crippen LogP contribution in [0.25, 0.3) is 0 Å². The first kappa shape index (κ1) is 16.8. The molecule has 2 nitrogen and oxygen atoms in total. The van der Waals surface area contributed by atoms with Gasteiger partial charge in [-0.1, -0.05) is 22.0 Å². The summed E-state index contributed by atoms with van der Waals surface area (Å²) in [4.78, 5) is 11.2. The van der Waals surface area contributed by atoms with Crippen molar-refractivity contribution in [2.75, 3.05) is 5.33 Å². The molecule has 0 aromatic heterocycles. The molecule has 0 bridgehead atoms.